The van der Waals surface area contributed by atoms with Gasteiger partial charge in [0, 0.05) is 35.4 Å². The first-order valence-electron chi connectivity index (χ1n) is 6.13. The van der Waals surface area contributed by atoms with E-state index in [1.165, 1.54) is 0 Å². The first-order valence-corrected chi connectivity index (χ1v) is 7.62. The van der Waals surface area contributed by atoms with Gasteiger partial charge in [-0.15, -0.1) is 0 Å². The van der Waals surface area contributed by atoms with E-state index in [-0.39, 0.29) is 0 Å². The summed E-state index contributed by atoms with van der Waals surface area (Å²) in [5.41, 5.74) is 0. The van der Waals surface area contributed by atoms with Crippen LogP contribution in [-0.4, -0.2) is 40.2 Å². The summed E-state index contributed by atoms with van der Waals surface area (Å²) in [5.74, 6) is 3.59. The Morgan fingerprint density at radius 3 is 2.76 bits per heavy atom. The van der Waals surface area contributed by atoms with Gasteiger partial charge in [-0.05, 0) is 18.7 Å². The standard InChI is InChI=1S/C12H20N2O2S/c1-2-13-9-11-3-4-12(16-11)10-14-5-7-17(15)8-6-14/h3-4,13H,2,5-10H2,1H3. The van der Waals surface area contributed by atoms with Crippen LogP contribution < -0.4 is 5.32 Å². The van der Waals surface area contributed by atoms with Gasteiger partial charge in [-0.3, -0.25) is 9.11 Å². The minimum atomic E-state index is -0.600. The maximum atomic E-state index is 11.2. The zero-order chi connectivity index (χ0) is 12.1. The highest BCUT2D eigenvalue weighted by molar-refractivity contribution is 7.85. The van der Waals surface area contributed by atoms with Gasteiger partial charge in [0.1, 0.15) is 11.5 Å². The van der Waals surface area contributed by atoms with E-state index < -0.39 is 10.8 Å². The Bertz CT molecular complexity index is 368. The second-order valence-electron chi connectivity index (χ2n) is 4.27. The van der Waals surface area contributed by atoms with Crippen molar-refractivity contribution in [3.05, 3.63) is 23.7 Å². The molecule has 17 heavy (non-hydrogen) atoms. The van der Waals surface area contributed by atoms with Crippen LogP contribution in [0.1, 0.15) is 18.4 Å². The number of nitrogens with one attached hydrogen (secondary N) is 1. The van der Waals surface area contributed by atoms with E-state index in [9.17, 15) is 4.21 Å². The Hall–Kier alpha value is -0.650. The average Bonchev–Trinajstić information content (AvgIpc) is 2.77. The lowest BCUT2D eigenvalue weighted by Gasteiger charge is -2.24. The summed E-state index contributed by atoms with van der Waals surface area (Å²) >= 11 is 0. The van der Waals surface area contributed by atoms with Gasteiger partial charge in [-0.25, -0.2) is 0 Å². The van der Waals surface area contributed by atoms with E-state index in [4.69, 9.17) is 4.42 Å². The highest BCUT2D eigenvalue weighted by atomic mass is 32.2. The fraction of sp³-hybridized carbons (Fsp3) is 0.667. The summed E-state index contributed by atoms with van der Waals surface area (Å²) in [6, 6.07) is 4.07. The van der Waals surface area contributed by atoms with Crippen molar-refractivity contribution in [1.29, 1.82) is 0 Å². The molecule has 2 rings (SSSR count). The van der Waals surface area contributed by atoms with Crippen molar-refractivity contribution in [3.8, 4) is 0 Å². The molecule has 0 aliphatic carbocycles. The number of furan rings is 1. The molecule has 0 atom stereocenters. The Morgan fingerprint density at radius 2 is 2.06 bits per heavy atom. The molecule has 0 unspecified atom stereocenters. The summed E-state index contributed by atoms with van der Waals surface area (Å²) in [6.45, 7) is 6.49. The lowest BCUT2D eigenvalue weighted by atomic mass is 10.4. The molecule has 96 valence electrons. The molecule has 1 N–H and O–H groups in total. The largest absolute Gasteiger partial charge is 0.463 e. The Balaban J connectivity index is 1.82. The molecule has 0 aromatic carbocycles. The minimum Gasteiger partial charge on any atom is -0.463 e. The topological polar surface area (TPSA) is 45.5 Å². The number of hydrogen-bond donors (Lipinski definition) is 1. The third-order valence-corrected chi connectivity index (χ3v) is 4.19. The predicted molar refractivity (Wildman–Crippen MR) is 69.2 cm³/mol. The molecule has 1 aromatic rings. The molecule has 1 fully saturated rings. The molecule has 5 heteroatoms. The molecule has 1 aliphatic heterocycles. The zero-order valence-electron chi connectivity index (χ0n) is 10.3. The van der Waals surface area contributed by atoms with E-state index >= 15 is 0 Å². The summed E-state index contributed by atoms with van der Waals surface area (Å²) < 4.78 is 17.0. The van der Waals surface area contributed by atoms with E-state index in [0.717, 1.165) is 55.7 Å². The monoisotopic (exact) mass is 256 g/mol. The van der Waals surface area contributed by atoms with Crippen molar-refractivity contribution in [2.45, 2.75) is 20.0 Å². The van der Waals surface area contributed by atoms with Crippen molar-refractivity contribution in [2.24, 2.45) is 0 Å². The van der Waals surface area contributed by atoms with Crippen LogP contribution in [-0.2, 0) is 23.9 Å². The molecule has 2 heterocycles. The average molecular weight is 256 g/mol. The van der Waals surface area contributed by atoms with E-state index in [1.807, 2.05) is 12.1 Å². The van der Waals surface area contributed by atoms with Gasteiger partial charge >= 0.3 is 0 Å². The van der Waals surface area contributed by atoms with Gasteiger partial charge in [0.05, 0.1) is 13.1 Å². The lowest BCUT2D eigenvalue weighted by molar-refractivity contribution is 0.261. The fourth-order valence-electron chi connectivity index (χ4n) is 1.90. The number of rotatable bonds is 5. The maximum absolute atomic E-state index is 11.2. The van der Waals surface area contributed by atoms with Crippen LogP contribution in [0.25, 0.3) is 0 Å². The SMILES string of the molecule is CCNCc1ccc(CN2CCS(=O)CC2)o1. The van der Waals surface area contributed by atoms with Crippen LogP contribution in [0.4, 0.5) is 0 Å². The Kier molecular flexibility index (Phi) is 4.76. The predicted octanol–water partition coefficient (Wildman–Crippen LogP) is 0.953. The van der Waals surface area contributed by atoms with E-state index in [2.05, 4.69) is 17.1 Å². The quantitative estimate of drug-likeness (QED) is 0.852. The molecule has 0 spiro atoms. The first kappa shape index (κ1) is 12.8. The van der Waals surface area contributed by atoms with Crippen LogP contribution in [0.15, 0.2) is 16.5 Å². The Morgan fingerprint density at radius 1 is 1.35 bits per heavy atom. The molecular weight excluding hydrogens is 236 g/mol. The van der Waals surface area contributed by atoms with Crippen molar-refractivity contribution in [2.75, 3.05) is 31.1 Å². The summed E-state index contributed by atoms with van der Waals surface area (Å²) in [5, 5.41) is 3.24. The van der Waals surface area contributed by atoms with Crippen LogP contribution in [0.3, 0.4) is 0 Å². The van der Waals surface area contributed by atoms with Crippen LogP contribution >= 0.6 is 0 Å². The smallest absolute Gasteiger partial charge is 0.118 e. The van der Waals surface area contributed by atoms with Gasteiger partial charge in [-0.1, -0.05) is 6.92 Å². The second-order valence-corrected chi connectivity index (χ2v) is 5.97. The molecule has 4 nitrogen and oxygen atoms in total. The molecular formula is C12H20N2O2S. The first-order chi connectivity index (χ1) is 8.28. The minimum absolute atomic E-state index is 0.600. The van der Waals surface area contributed by atoms with E-state index in [0.29, 0.717) is 0 Å². The maximum Gasteiger partial charge on any atom is 0.118 e. The van der Waals surface area contributed by atoms with Crippen LogP contribution in [0, 0.1) is 0 Å². The lowest BCUT2D eigenvalue weighted by Crippen LogP contribution is -2.37. The summed E-state index contributed by atoms with van der Waals surface area (Å²) in [7, 11) is -0.600. The van der Waals surface area contributed by atoms with E-state index in [1.54, 1.807) is 0 Å². The van der Waals surface area contributed by atoms with Crippen molar-refractivity contribution in [1.82, 2.24) is 10.2 Å². The van der Waals surface area contributed by atoms with Crippen LogP contribution in [0.5, 0.6) is 0 Å². The van der Waals surface area contributed by atoms with Crippen molar-refractivity contribution < 1.29 is 8.63 Å². The summed E-state index contributed by atoms with van der Waals surface area (Å²) in [6.07, 6.45) is 0. The van der Waals surface area contributed by atoms with Gasteiger partial charge in [0.15, 0.2) is 0 Å². The molecule has 0 amide bonds. The molecule has 1 saturated heterocycles. The molecule has 1 aromatic heterocycles. The molecule has 0 radical (unpaired) electrons. The normalized spacial score (nSPS) is 18.6. The third-order valence-electron chi connectivity index (χ3n) is 2.92. The van der Waals surface area contributed by atoms with Gasteiger partial charge < -0.3 is 9.73 Å². The highest BCUT2D eigenvalue weighted by Crippen LogP contribution is 2.12. The van der Waals surface area contributed by atoms with Crippen molar-refractivity contribution in [3.63, 3.8) is 0 Å². The van der Waals surface area contributed by atoms with Gasteiger partial charge in [0.25, 0.3) is 0 Å². The third kappa shape index (κ3) is 3.94. The van der Waals surface area contributed by atoms with Crippen molar-refractivity contribution >= 4 is 10.8 Å². The fourth-order valence-corrected chi connectivity index (χ4v) is 3.03. The van der Waals surface area contributed by atoms with Gasteiger partial charge in [-0.2, -0.15) is 0 Å². The second kappa shape index (κ2) is 6.33. The van der Waals surface area contributed by atoms with Crippen LogP contribution in [0.2, 0.25) is 0 Å². The molecule has 0 bridgehead atoms. The van der Waals surface area contributed by atoms with Gasteiger partial charge in [0.2, 0.25) is 0 Å². The molecule has 0 saturated carbocycles. The highest BCUT2D eigenvalue weighted by Gasteiger charge is 2.16. The molecule has 1 aliphatic rings. The Labute approximate surface area is 105 Å². The number of nitrogens with zero attached hydrogens (tertiary/aromatic N) is 1. The number of hydrogen-bond acceptors (Lipinski definition) is 4. The zero-order valence-corrected chi connectivity index (χ0v) is 11.1. The summed E-state index contributed by atoms with van der Waals surface area (Å²) in [4.78, 5) is 2.30.